The Hall–Kier alpha value is -1.73. The van der Waals surface area contributed by atoms with E-state index in [2.05, 4.69) is 24.8 Å². The minimum absolute atomic E-state index is 0.0558. The van der Waals surface area contributed by atoms with Crippen molar-refractivity contribution >= 4 is 22.4 Å². The number of aromatic nitrogens is 3. The van der Waals surface area contributed by atoms with Gasteiger partial charge in [0.1, 0.15) is 0 Å². The topological polar surface area (TPSA) is 71.2 Å². The molecule has 0 bridgehead atoms. The Balaban J connectivity index is 1.63. The Kier molecular flexibility index (Phi) is 3.79. The number of hydrogen-bond acceptors (Lipinski definition) is 7. The number of thiazole rings is 1. The highest BCUT2D eigenvalue weighted by atomic mass is 32.1. The molecular weight excluding hydrogens is 272 g/mol. The molecule has 1 saturated heterocycles. The van der Waals surface area contributed by atoms with Gasteiger partial charge in [-0.3, -0.25) is 0 Å². The lowest BCUT2D eigenvalue weighted by molar-refractivity contribution is 0.638. The molecule has 2 aromatic rings. The molecular formula is C13H18N6S. The molecule has 0 saturated carbocycles. The lowest BCUT2D eigenvalue weighted by Crippen LogP contribution is -2.47. The van der Waals surface area contributed by atoms with Gasteiger partial charge >= 0.3 is 0 Å². The van der Waals surface area contributed by atoms with E-state index in [1.807, 2.05) is 19.2 Å². The van der Waals surface area contributed by atoms with Crippen molar-refractivity contribution in [2.24, 2.45) is 5.73 Å². The van der Waals surface area contributed by atoms with Crippen LogP contribution in [0.4, 0.5) is 11.1 Å². The quantitative estimate of drug-likeness (QED) is 0.918. The summed E-state index contributed by atoms with van der Waals surface area (Å²) >= 11 is 1.68. The molecule has 1 aliphatic heterocycles. The lowest BCUT2D eigenvalue weighted by Gasteiger charge is -2.34. The third-order valence-corrected chi connectivity index (χ3v) is 4.60. The molecule has 1 unspecified atom stereocenters. The highest BCUT2D eigenvalue weighted by molar-refractivity contribution is 7.15. The molecule has 6 nitrogen and oxygen atoms in total. The van der Waals surface area contributed by atoms with Gasteiger partial charge < -0.3 is 15.5 Å². The second-order valence-electron chi connectivity index (χ2n) is 4.86. The van der Waals surface area contributed by atoms with E-state index in [-0.39, 0.29) is 6.04 Å². The van der Waals surface area contributed by atoms with Gasteiger partial charge in [-0.2, -0.15) is 0 Å². The Morgan fingerprint density at radius 3 is 2.35 bits per heavy atom. The fourth-order valence-electron chi connectivity index (χ4n) is 2.19. The van der Waals surface area contributed by atoms with E-state index in [0.717, 1.165) is 42.1 Å². The van der Waals surface area contributed by atoms with Crippen molar-refractivity contribution in [3.05, 3.63) is 29.5 Å². The van der Waals surface area contributed by atoms with Gasteiger partial charge in [-0.1, -0.05) is 0 Å². The molecule has 2 aromatic heterocycles. The number of anilines is 2. The summed E-state index contributed by atoms with van der Waals surface area (Å²) in [7, 11) is 0. The van der Waals surface area contributed by atoms with E-state index in [9.17, 15) is 0 Å². The molecule has 0 aromatic carbocycles. The van der Waals surface area contributed by atoms with Crippen LogP contribution in [0.5, 0.6) is 0 Å². The van der Waals surface area contributed by atoms with Crippen molar-refractivity contribution in [3.8, 4) is 0 Å². The maximum atomic E-state index is 5.88. The number of piperazine rings is 1. The standard InChI is InChI=1S/C13H18N6S/c1-10(14)11-9-17-13(20-11)19-7-5-18(6-8-19)12-15-3-2-4-16-12/h2-4,9-10H,5-8,14H2,1H3. The van der Waals surface area contributed by atoms with Crippen LogP contribution >= 0.6 is 11.3 Å². The monoisotopic (exact) mass is 290 g/mol. The summed E-state index contributed by atoms with van der Waals surface area (Å²) in [5.74, 6) is 0.808. The first-order valence-corrected chi connectivity index (χ1v) is 7.54. The van der Waals surface area contributed by atoms with Crippen LogP contribution in [0.2, 0.25) is 0 Å². The molecule has 2 N–H and O–H groups in total. The first-order valence-electron chi connectivity index (χ1n) is 6.72. The SMILES string of the molecule is CC(N)c1cnc(N2CCN(c3ncccn3)CC2)s1. The molecule has 1 atom stereocenters. The molecule has 1 fully saturated rings. The molecule has 3 heterocycles. The second-order valence-corrected chi connectivity index (χ2v) is 5.90. The summed E-state index contributed by atoms with van der Waals surface area (Å²) in [6, 6.07) is 1.89. The molecule has 0 aliphatic carbocycles. The van der Waals surface area contributed by atoms with E-state index < -0.39 is 0 Å². The average molecular weight is 290 g/mol. The highest BCUT2D eigenvalue weighted by Gasteiger charge is 2.21. The van der Waals surface area contributed by atoms with Crippen LogP contribution in [-0.2, 0) is 0 Å². The van der Waals surface area contributed by atoms with Crippen molar-refractivity contribution in [1.82, 2.24) is 15.0 Å². The Labute approximate surface area is 122 Å². The van der Waals surface area contributed by atoms with Crippen molar-refractivity contribution < 1.29 is 0 Å². The third-order valence-electron chi connectivity index (χ3n) is 3.35. The molecule has 106 valence electrons. The third kappa shape index (κ3) is 2.73. The molecule has 3 rings (SSSR count). The van der Waals surface area contributed by atoms with Gasteiger partial charge in [-0.15, -0.1) is 11.3 Å². The number of nitrogens with zero attached hydrogens (tertiary/aromatic N) is 5. The molecule has 0 amide bonds. The van der Waals surface area contributed by atoms with E-state index in [4.69, 9.17) is 5.73 Å². The molecule has 7 heteroatoms. The first kappa shape index (κ1) is 13.3. The van der Waals surface area contributed by atoms with Gasteiger partial charge in [-0.05, 0) is 13.0 Å². The van der Waals surface area contributed by atoms with E-state index in [1.54, 1.807) is 23.7 Å². The minimum Gasteiger partial charge on any atom is -0.345 e. The Bertz CT molecular complexity index is 547. The molecule has 1 aliphatic rings. The van der Waals surface area contributed by atoms with Crippen LogP contribution in [0.25, 0.3) is 0 Å². The van der Waals surface area contributed by atoms with Crippen molar-refractivity contribution in [2.45, 2.75) is 13.0 Å². The summed E-state index contributed by atoms with van der Waals surface area (Å²) < 4.78 is 0. The van der Waals surface area contributed by atoms with Gasteiger partial charge in [0.15, 0.2) is 5.13 Å². The largest absolute Gasteiger partial charge is 0.345 e. The van der Waals surface area contributed by atoms with Crippen LogP contribution in [0.15, 0.2) is 24.7 Å². The normalized spacial score (nSPS) is 17.3. The maximum Gasteiger partial charge on any atom is 0.225 e. The summed E-state index contributed by atoms with van der Waals surface area (Å²) in [6.45, 7) is 5.69. The fraction of sp³-hybridized carbons (Fsp3) is 0.462. The van der Waals surface area contributed by atoms with E-state index in [1.165, 1.54) is 0 Å². The van der Waals surface area contributed by atoms with Gasteiger partial charge in [0.2, 0.25) is 5.95 Å². The lowest BCUT2D eigenvalue weighted by atomic mass is 10.3. The summed E-state index contributed by atoms with van der Waals surface area (Å²) in [4.78, 5) is 18.7. The predicted molar refractivity (Wildman–Crippen MR) is 81.2 cm³/mol. The molecule has 20 heavy (non-hydrogen) atoms. The van der Waals surface area contributed by atoms with Crippen LogP contribution in [0, 0.1) is 0 Å². The summed E-state index contributed by atoms with van der Waals surface area (Å²) in [5, 5.41) is 1.06. The van der Waals surface area contributed by atoms with Crippen LogP contribution < -0.4 is 15.5 Å². The molecule has 0 radical (unpaired) electrons. The highest BCUT2D eigenvalue weighted by Crippen LogP contribution is 2.27. The Morgan fingerprint density at radius 2 is 1.75 bits per heavy atom. The average Bonchev–Trinajstić information content (AvgIpc) is 2.98. The number of hydrogen-bond donors (Lipinski definition) is 1. The van der Waals surface area contributed by atoms with E-state index >= 15 is 0 Å². The van der Waals surface area contributed by atoms with Crippen LogP contribution in [0.1, 0.15) is 17.8 Å². The minimum atomic E-state index is 0.0558. The predicted octanol–water partition coefficient (Wildman–Crippen LogP) is 1.28. The number of nitrogens with two attached hydrogens (primary N) is 1. The fourth-order valence-corrected chi connectivity index (χ4v) is 3.11. The van der Waals surface area contributed by atoms with Crippen LogP contribution in [0.3, 0.4) is 0 Å². The Morgan fingerprint density at radius 1 is 1.10 bits per heavy atom. The number of rotatable bonds is 3. The zero-order valence-corrected chi connectivity index (χ0v) is 12.3. The van der Waals surface area contributed by atoms with Gasteiger partial charge in [0, 0.05) is 55.7 Å². The van der Waals surface area contributed by atoms with Crippen LogP contribution in [-0.4, -0.2) is 41.1 Å². The van der Waals surface area contributed by atoms with Crippen molar-refractivity contribution in [2.75, 3.05) is 36.0 Å². The smallest absolute Gasteiger partial charge is 0.225 e. The zero-order valence-electron chi connectivity index (χ0n) is 11.4. The van der Waals surface area contributed by atoms with Gasteiger partial charge in [0.05, 0.1) is 0 Å². The summed E-state index contributed by atoms with van der Waals surface area (Å²) in [5.41, 5.74) is 5.88. The summed E-state index contributed by atoms with van der Waals surface area (Å²) in [6.07, 6.45) is 5.45. The zero-order chi connectivity index (χ0) is 13.9. The maximum absolute atomic E-state index is 5.88. The first-order chi connectivity index (χ1) is 9.74. The van der Waals surface area contributed by atoms with Gasteiger partial charge in [-0.25, -0.2) is 15.0 Å². The van der Waals surface area contributed by atoms with Crippen molar-refractivity contribution in [1.29, 1.82) is 0 Å². The second kappa shape index (κ2) is 5.72. The van der Waals surface area contributed by atoms with Crippen molar-refractivity contribution in [3.63, 3.8) is 0 Å². The van der Waals surface area contributed by atoms with Gasteiger partial charge in [0.25, 0.3) is 0 Å². The van der Waals surface area contributed by atoms with E-state index in [0.29, 0.717) is 0 Å². The molecule has 0 spiro atoms.